The number of nitrogens with zero attached hydrogens (tertiary/aromatic N) is 3. The lowest BCUT2D eigenvalue weighted by molar-refractivity contribution is 0.315. The van der Waals surface area contributed by atoms with Gasteiger partial charge in [-0.25, -0.2) is 4.98 Å². The summed E-state index contributed by atoms with van der Waals surface area (Å²) in [5.74, 6) is 0.499. The molecule has 0 amide bonds. The maximum atomic E-state index is 12.1. The Morgan fingerprint density at radius 3 is 2.90 bits per heavy atom. The Hall–Kier alpha value is -1.72. The zero-order chi connectivity index (χ0) is 14.3. The molecule has 106 valence electrons. The molecule has 2 atom stereocenters. The van der Waals surface area contributed by atoms with Crippen LogP contribution in [0.5, 0.6) is 0 Å². The Morgan fingerprint density at radius 1 is 1.40 bits per heavy atom. The first-order valence-electron chi connectivity index (χ1n) is 7.00. The van der Waals surface area contributed by atoms with E-state index in [1.165, 1.54) is 0 Å². The van der Waals surface area contributed by atoms with Gasteiger partial charge in [-0.15, -0.1) is 0 Å². The standard InChI is InChI=1S/C15H20N4O/c1-10-3-4-14-17-12(5-15(20)19(14)6-10)8-18-7-11(2)13(16)9-18/h3-6,11,13H,7-9,16H2,1-2H3. The average Bonchev–Trinajstić information content (AvgIpc) is 2.69. The first-order chi connectivity index (χ1) is 9.52. The molecule has 5 nitrogen and oxygen atoms in total. The lowest BCUT2D eigenvalue weighted by atomic mass is 10.1. The second-order valence-electron chi connectivity index (χ2n) is 5.86. The summed E-state index contributed by atoms with van der Waals surface area (Å²) >= 11 is 0. The largest absolute Gasteiger partial charge is 0.326 e. The SMILES string of the molecule is Cc1ccc2nc(CN3CC(C)C(N)C3)cc(=O)n2c1. The fourth-order valence-electron chi connectivity index (χ4n) is 2.79. The normalized spacial score (nSPS) is 23.6. The van der Waals surface area contributed by atoms with Crippen LogP contribution in [-0.4, -0.2) is 33.4 Å². The summed E-state index contributed by atoms with van der Waals surface area (Å²) in [6.45, 7) is 6.66. The second-order valence-corrected chi connectivity index (χ2v) is 5.86. The summed E-state index contributed by atoms with van der Waals surface area (Å²) in [4.78, 5) is 19.0. The van der Waals surface area contributed by atoms with E-state index in [-0.39, 0.29) is 11.6 Å². The molecule has 0 aromatic carbocycles. The average molecular weight is 272 g/mol. The topological polar surface area (TPSA) is 63.6 Å². The highest BCUT2D eigenvalue weighted by molar-refractivity contribution is 5.39. The van der Waals surface area contributed by atoms with Gasteiger partial charge in [0.05, 0.1) is 5.69 Å². The van der Waals surface area contributed by atoms with Crippen LogP contribution < -0.4 is 11.3 Å². The molecule has 2 aromatic rings. The van der Waals surface area contributed by atoms with Crippen molar-refractivity contribution in [3.63, 3.8) is 0 Å². The summed E-state index contributed by atoms with van der Waals surface area (Å²) in [6, 6.07) is 5.71. The van der Waals surface area contributed by atoms with Crippen molar-refractivity contribution >= 4 is 5.65 Å². The number of aryl methyl sites for hydroxylation is 1. The monoisotopic (exact) mass is 272 g/mol. The second kappa shape index (κ2) is 5.00. The lowest BCUT2D eigenvalue weighted by Crippen LogP contribution is -2.29. The van der Waals surface area contributed by atoms with Crippen LogP contribution in [-0.2, 0) is 6.54 Å². The minimum absolute atomic E-state index is 0.0229. The maximum Gasteiger partial charge on any atom is 0.258 e. The summed E-state index contributed by atoms with van der Waals surface area (Å²) in [5, 5.41) is 0. The summed E-state index contributed by atoms with van der Waals surface area (Å²) in [6.07, 6.45) is 1.82. The van der Waals surface area contributed by atoms with Crippen LogP contribution in [0, 0.1) is 12.8 Å². The fourth-order valence-corrected chi connectivity index (χ4v) is 2.79. The number of rotatable bonds is 2. The van der Waals surface area contributed by atoms with E-state index < -0.39 is 0 Å². The van der Waals surface area contributed by atoms with Gasteiger partial charge in [-0.2, -0.15) is 0 Å². The van der Waals surface area contributed by atoms with E-state index >= 15 is 0 Å². The highest BCUT2D eigenvalue weighted by Crippen LogP contribution is 2.16. The molecule has 1 aliphatic rings. The molecule has 0 radical (unpaired) electrons. The van der Waals surface area contributed by atoms with Gasteiger partial charge in [-0.05, 0) is 24.5 Å². The first kappa shape index (κ1) is 13.3. The number of hydrogen-bond acceptors (Lipinski definition) is 4. The van der Waals surface area contributed by atoms with Crippen LogP contribution in [0.1, 0.15) is 18.2 Å². The van der Waals surface area contributed by atoms with Gasteiger partial charge in [-0.1, -0.05) is 13.0 Å². The summed E-state index contributed by atoms with van der Waals surface area (Å²) < 4.78 is 1.59. The van der Waals surface area contributed by atoms with Crippen LogP contribution in [0.15, 0.2) is 29.2 Å². The van der Waals surface area contributed by atoms with E-state index in [2.05, 4.69) is 16.8 Å². The van der Waals surface area contributed by atoms with Crippen LogP contribution in [0.25, 0.3) is 5.65 Å². The molecule has 0 saturated carbocycles. The Bertz CT molecular complexity index is 684. The Morgan fingerprint density at radius 2 is 2.20 bits per heavy atom. The maximum absolute atomic E-state index is 12.1. The minimum atomic E-state index is -0.0229. The fraction of sp³-hybridized carbons (Fsp3) is 0.467. The van der Waals surface area contributed by atoms with Crippen LogP contribution in [0.3, 0.4) is 0 Å². The van der Waals surface area contributed by atoms with Crippen molar-refractivity contribution < 1.29 is 0 Å². The highest BCUT2D eigenvalue weighted by Gasteiger charge is 2.26. The van der Waals surface area contributed by atoms with Crippen molar-refractivity contribution in [3.8, 4) is 0 Å². The third-order valence-corrected chi connectivity index (χ3v) is 3.99. The predicted molar refractivity (Wildman–Crippen MR) is 78.6 cm³/mol. The molecule has 5 heteroatoms. The Labute approximate surface area is 118 Å². The van der Waals surface area contributed by atoms with Crippen LogP contribution in [0.2, 0.25) is 0 Å². The van der Waals surface area contributed by atoms with E-state index in [0.29, 0.717) is 18.1 Å². The lowest BCUT2D eigenvalue weighted by Gasteiger charge is -2.14. The van der Waals surface area contributed by atoms with Gasteiger partial charge in [0.25, 0.3) is 5.56 Å². The minimum Gasteiger partial charge on any atom is -0.326 e. The van der Waals surface area contributed by atoms with Gasteiger partial charge in [0.15, 0.2) is 0 Å². The molecule has 0 spiro atoms. The van der Waals surface area contributed by atoms with Crippen molar-refractivity contribution in [2.75, 3.05) is 13.1 Å². The molecule has 0 bridgehead atoms. The van der Waals surface area contributed by atoms with Gasteiger partial charge in [-0.3, -0.25) is 14.1 Å². The van der Waals surface area contributed by atoms with E-state index in [1.54, 1.807) is 10.5 Å². The molecule has 3 heterocycles. The van der Waals surface area contributed by atoms with Crippen molar-refractivity contribution in [3.05, 3.63) is 46.0 Å². The molecule has 3 rings (SSSR count). The number of hydrogen-bond donors (Lipinski definition) is 1. The summed E-state index contributed by atoms with van der Waals surface area (Å²) in [7, 11) is 0. The molecule has 1 saturated heterocycles. The Balaban J connectivity index is 1.90. The van der Waals surface area contributed by atoms with E-state index in [4.69, 9.17) is 5.73 Å². The van der Waals surface area contributed by atoms with E-state index in [9.17, 15) is 4.79 Å². The highest BCUT2D eigenvalue weighted by atomic mass is 16.1. The van der Waals surface area contributed by atoms with Crippen LogP contribution in [0.4, 0.5) is 0 Å². The molecule has 2 aromatic heterocycles. The number of fused-ring (bicyclic) bond motifs is 1. The molecule has 20 heavy (non-hydrogen) atoms. The van der Waals surface area contributed by atoms with Crippen molar-refractivity contribution in [2.45, 2.75) is 26.4 Å². The molecular weight excluding hydrogens is 252 g/mol. The van der Waals surface area contributed by atoms with Crippen LogP contribution >= 0.6 is 0 Å². The third-order valence-electron chi connectivity index (χ3n) is 3.99. The van der Waals surface area contributed by atoms with Crippen molar-refractivity contribution in [1.82, 2.24) is 14.3 Å². The zero-order valence-corrected chi connectivity index (χ0v) is 11.9. The first-order valence-corrected chi connectivity index (χ1v) is 7.00. The Kier molecular flexibility index (Phi) is 3.31. The molecule has 2 N–H and O–H groups in total. The number of likely N-dealkylation sites (tertiary alicyclic amines) is 1. The van der Waals surface area contributed by atoms with Crippen molar-refractivity contribution in [2.24, 2.45) is 11.7 Å². The molecule has 1 fully saturated rings. The molecular formula is C15H20N4O. The quantitative estimate of drug-likeness (QED) is 0.877. The smallest absolute Gasteiger partial charge is 0.258 e. The molecule has 1 aliphatic heterocycles. The summed E-state index contributed by atoms with van der Waals surface area (Å²) in [5.41, 5.74) is 8.58. The van der Waals surface area contributed by atoms with Gasteiger partial charge in [0, 0.05) is 37.9 Å². The van der Waals surface area contributed by atoms with Gasteiger partial charge in [0.1, 0.15) is 5.65 Å². The van der Waals surface area contributed by atoms with Gasteiger partial charge < -0.3 is 5.73 Å². The number of pyridine rings is 1. The molecule has 2 unspecified atom stereocenters. The number of aromatic nitrogens is 2. The number of nitrogens with two attached hydrogens (primary N) is 1. The zero-order valence-electron chi connectivity index (χ0n) is 11.9. The predicted octanol–water partition coefficient (Wildman–Crippen LogP) is 0.782. The van der Waals surface area contributed by atoms with Gasteiger partial charge in [0.2, 0.25) is 0 Å². The van der Waals surface area contributed by atoms with E-state index in [0.717, 1.165) is 24.3 Å². The third kappa shape index (κ3) is 2.46. The van der Waals surface area contributed by atoms with Crippen molar-refractivity contribution in [1.29, 1.82) is 0 Å². The van der Waals surface area contributed by atoms with Gasteiger partial charge >= 0.3 is 0 Å². The molecule has 0 aliphatic carbocycles. The van der Waals surface area contributed by atoms with E-state index in [1.807, 2.05) is 25.3 Å².